The average molecular weight is 300 g/mol. The Labute approximate surface area is 119 Å². The van der Waals surface area contributed by atoms with Crippen LogP contribution in [0.3, 0.4) is 0 Å². The highest BCUT2D eigenvalue weighted by molar-refractivity contribution is 7.89. The highest BCUT2D eigenvalue weighted by Crippen LogP contribution is 2.24. The normalized spacial score (nSPS) is 24.1. The van der Waals surface area contributed by atoms with Crippen LogP contribution in [-0.2, 0) is 26.0 Å². The molecule has 1 aromatic carbocycles. The van der Waals surface area contributed by atoms with E-state index in [1.807, 2.05) is 0 Å². The zero-order valence-electron chi connectivity index (χ0n) is 11.7. The Morgan fingerprint density at radius 1 is 1.15 bits per heavy atom. The minimum absolute atomic E-state index is 0.238. The fourth-order valence-corrected chi connectivity index (χ4v) is 3.77. The maximum Gasteiger partial charge on any atom is 0.243 e. The fraction of sp³-hybridized carbons (Fsp3) is 0.538. The Morgan fingerprint density at radius 2 is 1.65 bits per heavy atom. The average Bonchev–Trinajstić information content (AvgIpc) is 2.91. The summed E-state index contributed by atoms with van der Waals surface area (Å²) in [6.45, 7) is 0.994. The Morgan fingerprint density at radius 3 is 2.05 bits per heavy atom. The summed E-state index contributed by atoms with van der Waals surface area (Å²) >= 11 is 0. The molecule has 2 rings (SSSR count). The molecule has 1 aliphatic rings. The van der Waals surface area contributed by atoms with Gasteiger partial charge >= 0.3 is 0 Å². The topological polar surface area (TPSA) is 81.9 Å². The summed E-state index contributed by atoms with van der Waals surface area (Å²) in [4.78, 5) is 0.265. The van der Waals surface area contributed by atoms with Crippen molar-refractivity contribution in [2.75, 3.05) is 27.3 Å². The third-order valence-corrected chi connectivity index (χ3v) is 5.43. The van der Waals surface area contributed by atoms with Gasteiger partial charge in [-0.3, -0.25) is 0 Å². The lowest BCUT2D eigenvalue weighted by Gasteiger charge is -2.16. The number of sulfonamides is 1. The van der Waals surface area contributed by atoms with Gasteiger partial charge in [-0.15, -0.1) is 0 Å². The Balaban J connectivity index is 2.22. The Hall–Kier alpha value is -0.990. The SMILES string of the molecule is COC1CN(S(=O)(=O)c2ccc(CN)cc2)CC1OC. The first-order valence-electron chi connectivity index (χ1n) is 6.37. The lowest BCUT2D eigenvalue weighted by Crippen LogP contribution is -2.30. The van der Waals surface area contributed by atoms with Crippen molar-refractivity contribution in [3.8, 4) is 0 Å². The summed E-state index contributed by atoms with van der Waals surface area (Å²) in [7, 11) is -0.400. The molecule has 0 aliphatic carbocycles. The molecule has 1 aromatic rings. The van der Waals surface area contributed by atoms with Crippen molar-refractivity contribution in [1.82, 2.24) is 4.31 Å². The second-order valence-electron chi connectivity index (χ2n) is 4.72. The lowest BCUT2D eigenvalue weighted by molar-refractivity contribution is -0.00461. The van der Waals surface area contributed by atoms with Crippen LogP contribution in [0.25, 0.3) is 0 Å². The van der Waals surface area contributed by atoms with Crippen LogP contribution in [0.1, 0.15) is 5.56 Å². The van der Waals surface area contributed by atoms with Gasteiger partial charge in [0, 0.05) is 33.9 Å². The van der Waals surface area contributed by atoms with Crippen molar-refractivity contribution in [1.29, 1.82) is 0 Å². The van der Waals surface area contributed by atoms with E-state index in [1.54, 1.807) is 38.5 Å². The van der Waals surface area contributed by atoms with Crippen LogP contribution in [0.2, 0.25) is 0 Å². The van der Waals surface area contributed by atoms with E-state index >= 15 is 0 Å². The van der Waals surface area contributed by atoms with Crippen molar-refractivity contribution in [2.24, 2.45) is 5.73 Å². The number of methoxy groups -OCH3 is 2. The number of hydrogen-bond acceptors (Lipinski definition) is 5. The third-order valence-electron chi connectivity index (χ3n) is 3.58. The summed E-state index contributed by atoms with van der Waals surface area (Å²) < 4.78 is 37.0. The van der Waals surface area contributed by atoms with Gasteiger partial charge in [0.25, 0.3) is 0 Å². The Kier molecular flexibility index (Phi) is 4.77. The molecule has 2 unspecified atom stereocenters. The molecule has 112 valence electrons. The van der Waals surface area contributed by atoms with Gasteiger partial charge in [-0.1, -0.05) is 12.1 Å². The van der Waals surface area contributed by atoms with E-state index in [1.165, 1.54) is 4.31 Å². The molecule has 1 aliphatic heterocycles. The van der Waals surface area contributed by atoms with E-state index in [4.69, 9.17) is 15.2 Å². The van der Waals surface area contributed by atoms with Crippen molar-refractivity contribution in [2.45, 2.75) is 23.6 Å². The van der Waals surface area contributed by atoms with E-state index in [2.05, 4.69) is 0 Å². The first-order chi connectivity index (χ1) is 9.52. The number of hydrogen-bond donors (Lipinski definition) is 1. The standard InChI is InChI=1S/C13H20N2O4S/c1-18-12-8-15(9-13(12)19-2)20(16,17)11-5-3-10(7-14)4-6-11/h3-6,12-13H,7-9,14H2,1-2H3. The molecule has 7 heteroatoms. The van der Waals surface area contributed by atoms with Gasteiger partial charge in [-0.05, 0) is 17.7 Å². The summed E-state index contributed by atoms with van der Waals surface area (Å²) in [6.07, 6.45) is -0.476. The quantitative estimate of drug-likeness (QED) is 0.839. The van der Waals surface area contributed by atoms with Crippen molar-refractivity contribution < 1.29 is 17.9 Å². The second-order valence-corrected chi connectivity index (χ2v) is 6.66. The van der Waals surface area contributed by atoms with Gasteiger partial charge in [0.1, 0.15) is 0 Å². The first kappa shape index (κ1) is 15.4. The first-order valence-corrected chi connectivity index (χ1v) is 7.81. The van der Waals surface area contributed by atoms with Gasteiger partial charge < -0.3 is 15.2 Å². The number of ether oxygens (including phenoxy) is 2. The van der Waals surface area contributed by atoms with Crippen LogP contribution in [0.4, 0.5) is 0 Å². The molecular formula is C13H20N2O4S. The fourth-order valence-electron chi connectivity index (χ4n) is 2.31. The zero-order valence-corrected chi connectivity index (χ0v) is 12.5. The molecule has 0 radical (unpaired) electrons. The van der Waals surface area contributed by atoms with Crippen LogP contribution in [0.15, 0.2) is 29.2 Å². The summed E-state index contributed by atoms with van der Waals surface area (Å²) in [5.74, 6) is 0. The number of nitrogens with zero attached hydrogens (tertiary/aromatic N) is 1. The molecule has 2 atom stereocenters. The van der Waals surface area contributed by atoms with Gasteiger partial charge in [0.2, 0.25) is 10.0 Å². The highest BCUT2D eigenvalue weighted by Gasteiger charge is 2.39. The number of nitrogens with two attached hydrogens (primary N) is 1. The van der Waals surface area contributed by atoms with E-state index in [0.717, 1.165) is 5.56 Å². The van der Waals surface area contributed by atoms with E-state index < -0.39 is 10.0 Å². The Bertz CT molecular complexity index is 532. The maximum absolute atomic E-state index is 12.5. The predicted molar refractivity (Wildman–Crippen MR) is 74.7 cm³/mol. The second kappa shape index (κ2) is 6.19. The molecule has 0 amide bonds. The highest BCUT2D eigenvalue weighted by atomic mass is 32.2. The van der Waals surface area contributed by atoms with Gasteiger partial charge in [-0.25, -0.2) is 8.42 Å². The van der Waals surface area contributed by atoms with E-state index in [-0.39, 0.29) is 17.1 Å². The molecule has 0 bridgehead atoms. The molecule has 0 spiro atoms. The van der Waals surface area contributed by atoms with E-state index in [9.17, 15) is 8.42 Å². The molecular weight excluding hydrogens is 280 g/mol. The van der Waals surface area contributed by atoms with Crippen LogP contribution >= 0.6 is 0 Å². The maximum atomic E-state index is 12.5. The summed E-state index contributed by atoms with van der Waals surface area (Å²) in [6, 6.07) is 6.62. The van der Waals surface area contributed by atoms with E-state index in [0.29, 0.717) is 19.6 Å². The minimum Gasteiger partial charge on any atom is -0.377 e. The largest absolute Gasteiger partial charge is 0.377 e. The van der Waals surface area contributed by atoms with Crippen LogP contribution in [0, 0.1) is 0 Å². The molecule has 0 saturated carbocycles. The third kappa shape index (κ3) is 2.87. The van der Waals surface area contributed by atoms with Crippen molar-refractivity contribution in [3.63, 3.8) is 0 Å². The summed E-state index contributed by atoms with van der Waals surface area (Å²) in [5, 5.41) is 0. The molecule has 20 heavy (non-hydrogen) atoms. The van der Waals surface area contributed by atoms with Crippen LogP contribution in [-0.4, -0.2) is 52.2 Å². The monoisotopic (exact) mass is 300 g/mol. The minimum atomic E-state index is -3.52. The molecule has 2 N–H and O–H groups in total. The zero-order chi connectivity index (χ0) is 14.8. The van der Waals surface area contributed by atoms with Crippen LogP contribution < -0.4 is 5.73 Å². The number of benzene rings is 1. The van der Waals surface area contributed by atoms with Crippen LogP contribution in [0.5, 0.6) is 0 Å². The molecule has 0 aromatic heterocycles. The van der Waals surface area contributed by atoms with Crippen molar-refractivity contribution >= 4 is 10.0 Å². The molecule has 1 fully saturated rings. The molecule has 1 saturated heterocycles. The number of rotatable bonds is 5. The molecule has 1 heterocycles. The molecule has 6 nitrogen and oxygen atoms in total. The predicted octanol–water partition coefficient (Wildman–Crippen LogP) is 0.180. The summed E-state index contributed by atoms with van der Waals surface area (Å²) in [5.41, 5.74) is 6.41. The van der Waals surface area contributed by atoms with Crippen molar-refractivity contribution in [3.05, 3.63) is 29.8 Å². The van der Waals surface area contributed by atoms with Gasteiger partial charge in [-0.2, -0.15) is 4.31 Å². The smallest absolute Gasteiger partial charge is 0.243 e. The van der Waals surface area contributed by atoms with Gasteiger partial charge in [0.15, 0.2) is 0 Å². The lowest BCUT2D eigenvalue weighted by atomic mass is 10.2. The van der Waals surface area contributed by atoms with Gasteiger partial charge in [0.05, 0.1) is 17.1 Å².